The number of aromatic nitrogens is 3. The summed E-state index contributed by atoms with van der Waals surface area (Å²) in [7, 11) is 0. The van der Waals surface area contributed by atoms with Gasteiger partial charge in [-0.15, -0.1) is 0 Å². The minimum absolute atomic E-state index is 0.108. The molecule has 0 aliphatic carbocycles. The van der Waals surface area contributed by atoms with E-state index in [9.17, 15) is 8.78 Å². The number of hydrogen-bond donors (Lipinski definition) is 0. The molecule has 0 spiro atoms. The average Bonchev–Trinajstić information content (AvgIpc) is 2.70. The fourth-order valence-electron chi connectivity index (χ4n) is 1.20. The summed E-state index contributed by atoms with van der Waals surface area (Å²) in [6.07, 6.45) is 2.55. The lowest BCUT2D eigenvalue weighted by Crippen LogP contribution is -2.05. The Morgan fingerprint density at radius 1 is 1.44 bits per heavy atom. The third kappa shape index (κ3) is 2.25. The first kappa shape index (κ1) is 10.7. The molecule has 0 aliphatic rings. The molecule has 0 aliphatic heterocycles. The minimum atomic E-state index is -0.706. The van der Waals surface area contributed by atoms with Gasteiger partial charge in [0.1, 0.15) is 11.6 Å². The molecule has 0 unspecified atom stereocenters. The molecule has 0 N–H and O–H groups in total. The molecule has 2 heterocycles. The monoisotopic (exact) mass is 240 g/mol. The van der Waals surface area contributed by atoms with Gasteiger partial charge in [0.15, 0.2) is 5.82 Å². The summed E-state index contributed by atoms with van der Waals surface area (Å²) in [6.45, 7) is 0.108. The number of nitrogens with zero attached hydrogens (tertiary/aromatic N) is 4. The fraction of sp³-hybridized carbons (Fsp3) is 0.111. The van der Waals surface area contributed by atoms with Gasteiger partial charge in [-0.3, -0.25) is 9.67 Å². The highest BCUT2D eigenvalue weighted by molar-refractivity contribution is 7.47. The zero-order valence-corrected chi connectivity index (χ0v) is 8.79. The van der Waals surface area contributed by atoms with Crippen LogP contribution in [0.4, 0.5) is 14.6 Å². The molecule has 16 heavy (non-hydrogen) atoms. The van der Waals surface area contributed by atoms with Crippen LogP contribution in [0.2, 0.25) is 0 Å². The van der Waals surface area contributed by atoms with Crippen LogP contribution in [-0.2, 0) is 19.0 Å². The first-order valence-electron chi connectivity index (χ1n) is 4.36. The van der Waals surface area contributed by atoms with Crippen LogP contribution in [0.15, 0.2) is 28.9 Å². The lowest BCUT2D eigenvalue weighted by Gasteiger charge is -2.02. The summed E-state index contributed by atoms with van der Waals surface area (Å²) in [5, 5.41) is 3.93. The van der Waals surface area contributed by atoms with Crippen molar-refractivity contribution < 1.29 is 8.78 Å². The van der Waals surface area contributed by atoms with Crippen LogP contribution in [0.3, 0.4) is 0 Å². The summed E-state index contributed by atoms with van der Waals surface area (Å²) in [5.41, 5.74) is 0.111. The number of halogens is 2. The smallest absolute Gasteiger partial charge is 0.187 e. The SMILES string of the molecule is Fc1cnc(Cn2ccc(N=S)n2)c(F)c1. The first-order valence-corrected chi connectivity index (χ1v) is 4.72. The number of hydrogen-bond acceptors (Lipinski definition) is 4. The van der Waals surface area contributed by atoms with E-state index in [4.69, 9.17) is 0 Å². The van der Waals surface area contributed by atoms with Gasteiger partial charge in [0.2, 0.25) is 0 Å². The van der Waals surface area contributed by atoms with Gasteiger partial charge in [0.05, 0.1) is 18.4 Å². The van der Waals surface area contributed by atoms with Gasteiger partial charge in [0, 0.05) is 30.8 Å². The van der Waals surface area contributed by atoms with Crippen LogP contribution >= 0.6 is 0 Å². The van der Waals surface area contributed by atoms with Crippen LogP contribution < -0.4 is 0 Å². The van der Waals surface area contributed by atoms with E-state index in [0.29, 0.717) is 5.82 Å². The molecule has 0 saturated carbocycles. The first-order chi connectivity index (χ1) is 7.69. The second kappa shape index (κ2) is 4.40. The molecule has 4 nitrogen and oxygen atoms in total. The minimum Gasteiger partial charge on any atom is -0.264 e. The molecule has 0 amide bonds. The zero-order valence-electron chi connectivity index (χ0n) is 7.97. The highest BCUT2D eigenvalue weighted by Gasteiger charge is 2.07. The van der Waals surface area contributed by atoms with Crippen molar-refractivity contribution in [3.8, 4) is 0 Å². The Labute approximate surface area is 95.1 Å². The van der Waals surface area contributed by atoms with Crippen LogP contribution in [-0.4, -0.2) is 14.8 Å². The van der Waals surface area contributed by atoms with Crippen LogP contribution in [0.5, 0.6) is 0 Å². The van der Waals surface area contributed by atoms with Gasteiger partial charge in [-0.2, -0.15) is 9.46 Å². The Balaban J connectivity index is 2.23. The van der Waals surface area contributed by atoms with Crippen molar-refractivity contribution in [2.45, 2.75) is 6.54 Å². The summed E-state index contributed by atoms with van der Waals surface area (Å²) < 4.78 is 30.7. The maximum absolute atomic E-state index is 13.2. The predicted octanol–water partition coefficient (Wildman–Crippen LogP) is 1.97. The highest BCUT2D eigenvalue weighted by Crippen LogP contribution is 2.10. The quantitative estimate of drug-likeness (QED) is 0.823. The molecule has 0 radical (unpaired) electrons. The van der Waals surface area contributed by atoms with Crippen molar-refractivity contribution in [2.24, 2.45) is 4.36 Å². The van der Waals surface area contributed by atoms with Crippen molar-refractivity contribution in [1.29, 1.82) is 0 Å². The van der Waals surface area contributed by atoms with Crippen LogP contribution in [0.1, 0.15) is 5.69 Å². The Morgan fingerprint density at radius 3 is 2.88 bits per heavy atom. The normalized spacial score (nSPS) is 10.4. The Bertz CT molecular complexity index is 526. The van der Waals surface area contributed by atoms with Crippen molar-refractivity contribution in [3.63, 3.8) is 0 Å². The van der Waals surface area contributed by atoms with E-state index in [1.165, 1.54) is 4.68 Å². The maximum Gasteiger partial charge on any atom is 0.187 e. The van der Waals surface area contributed by atoms with Crippen molar-refractivity contribution >= 4 is 18.2 Å². The molecule has 82 valence electrons. The summed E-state index contributed by atoms with van der Waals surface area (Å²) in [5.74, 6) is -1.03. The molecule has 2 aromatic heterocycles. The second-order valence-corrected chi connectivity index (χ2v) is 3.23. The number of rotatable bonds is 3. The highest BCUT2D eigenvalue weighted by atomic mass is 32.1. The molecule has 0 fully saturated rings. The van der Waals surface area contributed by atoms with E-state index < -0.39 is 11.6 Å². The largest absolute Gasteiger partial charge is 0.264 e. The molecule has 0 saturated heterocycles. The summed E-state index contributed by atoms with van der Waals surface area (Å²) in [4.78, 5) is 3.64. The van der Waals surface area contributed by atoms with Crippen molar-refractivity contribution in [2.75, 3.05) is 0 Å². The summed E-state index contributed by atoms with van der Waals surface area (Å²) in [6, 6.07) is 2.37. The zero-order chi connectivity index (χ0) is 11.5. The van der Waals surface area contributed by atoms with E-state index in [0.717, 1.165) is 12.3 Å². The van der Waals surface area contributed by atoms with E-state index in [2.05, 4.69) is 26.9 Å². The van der Waals surface area contributed by atoms with E-state index in [1.807, 2.05) is 0 Å². The topological polar surface area (TPSA) is 43.1 Å². The Morgan fingerprint density at radius 2 is 2.25 bits per heavy atom. The molecule has 2 rings (SSSR count). The van der Waals surface area contributed by atoms with E-state index in [-0.39, 0.29) is 12.2 Å². The van der Waals surface area contributed by atoms with Gasteiger partial charge in [0.25, 0.3) is 0 Å². The lowest BCUT2D eigenvalue weighted by atomic mass is 10.3. The third-order valence-electron chi connectivity index (χ3n) is 1.92. The fourth-order valence-corrected chi connectivity index (χ4v) is 1.30. The van der Waals surface area contributed by atoms with Crippen molar-refractivity contribution in [3.05, 3.63) is 41.9 Å². The van der Waals surface area contributed by atoms with Crippen LogP contribution in [0, 0.1) is 11.6 Å². The molecular formula is C9H6F2N4S. The molecule has 7 heteroatoms. The van der Waals surface area contributed by atoms with Gasteiger partial charge < -0.3 is 0 Å². The van der Waals surface area contributed by atoms with Gasteiger partial charge in [-0.25, -0.2) is 8.78 Å². The van der Waals surface area contributed by atoms with E-state index >= 15 is 0 Å². The van der Waals surface area contributed by atoms with Crippen LogP contribution in [0.25, 0.3) is 0 Å². The van der Waals surface area contributed by atoms with Gasteiger partial charge >= 0.3 is 0 Å². The number of pyridine rings is 1. The lowest BCUT2D eigenvalue weighted by molar-refractivity contribution is 0.542. The molecule has 0 aromatic carbocycles. The Kier molecular flexibility index (Phi) is 2.95. The predicted molar refractivity (Wildman–Crippen MR) is 54.9 cm³/mol. The van der Waals surface area contributed by atoms with Gasteiger partial charge in [-0.1, -0.05) is 0 Å². The molecule has 2 aromatic rings. The van der Waals surface area contributed by atoms with Crippen molar-refractivity contribution in [1.82, 2.24) is 14.8 Å². The second-order valence-electron chi connectivity index (χ2n) is 3.04. The standard InChI is InChI=1S/C9H6F2N4S/c10-6-3-7(11)8(12-4-6)5-15-2-1-9(13-15)14-16/h1-4H,5H2. The summed E-state index contributed by atoms with van der Waals surface area (Å²) >= 11 is 4.45. The third-order valence-corrected chi connectivity index (χ3v) is 2.10. The molecule has 0 bridgehead atoms. The molecule has 0 atom stereocenters. The Hall–Kier alpha value is -1.76. The van der Waals surface area contributed by atoms with Gasteiger partial charge in [-0.05, 0) is 0 Å². The van der Waals surface area contributed by atoms with E-state index in [1.54, 1.807) is 12.3 Å². The molecular weight excluding hydrogens is 234 g/mol. The average molecular weight is 240 g/mol. The maximum atomic E-state index is 13.2.